The summed E-state index contributed by atoms with van der Waals surface area (Å²) in [6, 6.07) is 10.6. The number of ether oxygens (including phenoxy) is 2. The van der Waals surface area contributed by atoms with Crippen LogP contribution in [0, 0.1) is 0 Å². The highest BCUT2D eigenvalue weighted by Crippen LogP contribution is 2.39. The first kappa shape index (κ1) is 24.3. The van der Waals surface area contributed by atoms with Crippen molar-refractivity contribution in [3.63, 3.8) is 0 Å². The molecule has 178 valence electrons. The van der Waals surface area contributed by atoms with E-state index in [4.69, 9.17) is 21.1 Å². The standard InChI is InChI=1S/C21H19ClN4O5S3/c1-3-10-32-21-25-24-20(33-21)23-19(27)18-12-26(16-11-13(22)4-9-17(16)31-18)34(28,29)15-7-5-14(30-2)6-8-15/h3-9,11,18H,1,10,12H2,2H3,(H,23,24,27)/t18-/m1/s1. The number of rotatable bonds is 8. The molecule has 0 saturated heterocycles. The molecule has 34 heavy (non-hydrogen) atoms. The number of nitrogens with zero attached hydrogens (tertiary/aromatic N) is 3. The molecule has 1 aromatic heterocycles. The fourth-order valence-corrected chi connectivity index (χ4v) is 6.25. The van der Waals surface area contributed by atoms with E-state index in [9.17, 15) is 13.2 Å². The van der Waals surface area contributed by atoms with Gasteiger partial charge in [-0.1, -0.05) is 40.8 Å². The number of hydrogen-bond donors (Lipinski definition) is 1. The minimum absolute atomic E-state index is 0.0355. The molecule has 1 amide bonds. The first-order chi connectivity index (χ1) is 16.3. The SMILES string of the molecule is C=CCSc1nnc(NC(=O)[C@H]2CN(S(=O)(=O)c3ccc(OC)cc3)c3cc(Cl)ccc3O2)s1. The molecule has 3 aromatic rings. The van der Waals surface area contributed by atoms with Crippen LogP contribution in [0.2, 0.25) is 5.02 Å². The molecular formula is C21H19ClN4O5S3. The van der Waals surface area contributed by atoms with Gasteiger partial charge in [0, 0.05) is 10.8 Å². The molecule has 1 aliphatic rings. The highest BCUT2D eigenvalue weighted by Gasteiger charge is 2.38. The van der Waals surface area contributed by atoms with Crippen molar-refractivity contribution in [3.8, 4) is 11.5 Å². The van der Waals surface area contributed by atoms with Crippen molar-refractivity contribution in [2.24, 2.45) is 0 Å². The maximum Gasteiger partial charge on any atom is 0.269 e. The second kappa shape index (κ2) is 10.2. The monoisotopic (exact) mass is 538 g/mol. The zero-order valence-corrected chi connectivity index (χ0v) is 21.0. The highest BCUT2D eigenvalue weighted by molar-refractivity contribution is 8.01. The van der Waals surface area contributed by atoms with Gasteiger partial charge in [-0.2, -0.15) is 0 Å². The Balaban J connectivity index is 1.62. The molecule has 0 bridgehead atoms. The highest BCUT2D eigenvalue weighted by atomic mass is 35.5. The van der Waals surface area contributed by atoms with Crippen LogP contribution >= 0.6 is 34.7 Å². The molecule has 0 fully saturated rings. The van der Waals surface area contributed by atoms with E-state index in [1.807, 2.05) is 0 Å². The van der Waals surface area contributed by atoms with Gasteiger partial charge in [0.25, 0.3) is 15.9 Å². The molecule has 0 radical (unpaired) electrons. The Labute approximate surface area is 209 Å². The summed E-state index contributed by atoms with van der Waals surface area (Å²) in [5.41, 5.74) is 0.242. The van der Waals surface area contributed by atoms with Crippen molar-refractivity contribution >= 4 is 61.4 Å². The number of nitrogens with one attached hydrogen (secondary N) is 1. The predicted octanol–water partition coefficient (Wildman–Crippen LogP) is 4.07. The van der Waals surface area contributed by atoms with Gasteiger partial charge >= 0.3 is 0 Å². The first-order valence-electron chi connectivity index (χ1n) is 9.83. The van der Waals surface area contributed by atoms with Crippen molar-refractivity contribution in [1.82, 2.24) is 10.2 Å². The number of benzene rings is 2. The van der Waals surface area contributed by atoms with E-state index in [2.05, 4.69) is 22.1 Å². The Morgan fingerprint density at radius 3 is 2.82 bits per heavy atom. The van der Waals surface area contributed by atoms with E-state index in [-0.39, 0.29) is 28.0 Å². The number of hydrogen-bond acceptors (Lipinski definition) is 9. The Morgan fingerprint density at radius 1 is 1.35 bits per heavy atom. The molecule has 13 heteroatoms. The molecule has 0 saturated carbocycles. The van der Waals surface area contributed by atoms with E-state index in [0.717, 1.165) is 4.31 Å². The summed E-state index contributed by atoms with van der Waals surface area (Å²) in [6.45, 7) is 3.39. The number of sulfonamides is 1. The van der Waals surface area contributed by atoms with Crippen LogP contribution in [0.25, 0.3) is 0 Å². The maximum atomic E-state index is 13.5. The number of thioether (sulfide) groups is 1. The number of methoxy groups -OCH3 is 1. The van der Waals surface area contributed by atoms with Gasteiger partial charge < -0.3 is 9.47 Å². The van der Waals surface area contributed by atoms with Crippen LogP contribution < -0.4 is 19.1 Å². The lowest BCUT2D eigenvalue weighted by molar-refractivity contribution is -0.122. The number of amides is 1. The quantitative estimate of drug-likeness (QED) is 0.259. The molecule has 1 N–H and O–H groups in total. The summed E-state index contributed by atoms with van der Waals surface area (Å²) in [5.74, 6) is 0.842. The Kier molecular flexibility index (Phi) is 7.31. The lowest BCUT2D eigenvalue weighted by Gasteiger charge is -2.34. The molecule has 4 rings (SSSR count). The fraction of sp³-hybridized carbons (Fsp3) is 0.190. The third-order valence-electron chi connectivity index (χ3n) is 4.69. The number of halogens is 1. The molecule has 1 atom stereocenters. The Morgan fingerprint density at radius 2 is 2.12 bits per heavy atom. The lowest BCUT2D eigenvalue weighted by Crippen LogP contribution is -2.48. The second-order valence-corrected chi connectivity index (χ2v) is 11.4. The van der Waals surface area contributed by atoms with Gasteiger partial charge in [0.15, 0.2) is 10.4 Å². The topological polar surface area (TPSA) is 111 Å². The van der Waals surface area contributed by atoms with Gasteiger partial charge in [-0.25, -0.2) is 8.42 Å². The van der Waals surface area contributed by atoms with E-state index in [1.54, 1.807) is 24.3 Å². The van der Waals surface area contributed by atoms with E-state index < -0.39 is 22.0 Å². The summed E-state index contributed by atoms with van der Waals surface area (Å²) in [7, 11) is -2.55. The summed E-state index contributed by atoms with van der Waals surface area (Å²) in [4.78, 5) is 13.0. The molecular weight excluding hydrogens is 520 g/mol. The van der Waals surface area contributed by atoms with Gasteiger partial charge in [0.05, 0.1) is 24.2 Å². The summed E-state index contributed by atoms with van der Waals surface area (Å²) in [6.07, 6.45) is 0.608. The van der Waals surface area contributed by atoms with Crippen LogP contribution in [0.3, 0.4) is 0 Å². The number of fused-ring (bicyclic) bond motifs is 1. The molecule has 0 spiro atoms. The zero-order chi connectivity index (χ0) is 24.3. The fourth-order valence-electron chi connectivity index (χ4n) is 3.10. The van der Waals surface area contributed by atoms with Crippen molar-refractivity contribution in [2.75, 3.05) is 29.0 Å². The number of carbonyl (C=O) groups excluding carboxylic acids is 1. The van der Waals surface area contributed by atoms with E-state index in [1.165, 1.54) is 54.5 Å². The first-order valence-corrected chi connectivity index (χ1v) is 13.4. The Bertz CT molecular complexity index is 1310. The Hall–Kier alpha value is -2.80. The van der Waals surface area contributed by atoms with Crippen LogP contribution in [0.1, 0.15) is 0 Å². The lowest BCUT2D eigenvalue weighted by atomic mass is 10.2. The molecule has 0 unspecified atom stereocenters. The largest absolute Gasteiger partial charge is 0.497 e. The minimum Gasteiger partial charge on any atom is -0.497 e. The normalized spacial score (nSPS) is 15.2. The minimum atomic E-state index is -4.04. The maximum absolute atomic E-state index is 13.5. The molecule has 2 aromatic carbocycles. The van der Waals surface area contributed by atoms with Crippen LogP contribution in [0.15, 0.2) is 64.4 Å². The zero-order valence-electron chi connectivity index (χ0n) is 17.8. The van der Waals surface area contributed by atoms with Crippen molar-refractivity contribution in [1.29, 1.82) is 0 Å². The smallest absolute Gasteiger partial charge is 0.269 e. The molecule has 1 aliphatic heterocycles. The molecule has 9 nitrogen and oxygen atoms in total. The number of carbonyl (C=O) groups is 1. The second-order valence-electron chi connectivity index (χ2n) is 6.89. The van der Waals surface area contributed by atoms with Gasteiger partial charge in [0.2, 0.25) is 5.13 Å². The molecule has 2 heterocycles. The molecule has 0 aliphatic carbocycles. The summed E-state index contributed by atoms with van der Waals surface area (Å²) >= 11 is 8.77. The number of aromatic nitrogens is 2. The van der Waals surface area contributed by atoms with Crippen molar-refractivity contribution < 1.29 is 22.7 Å². The van der Waals surface area contributed by atoms with Crippen LogP contribution in [-0.2, 0) is 14.8 Å². The van der Waals surface area contributed by atoms with Crippen LogP contribution in [-0.4, -0.2) is 50.0 Å². The van der Waals surface area contributed by atoms with Gasteiger partial charge in [-0.15, -0.1) is 16.8 Å². The van der Waals surface area contributed by atoms with Crippen LogP contribution in [0.4, 0.5) is 10.8 Å². The van der Waals surface area contributed by atoms with Gasteiger partial charge in [-0.3, -0.25) is 14.4 Å². The van der Waals surface area contributed by atoms with Gasteiger partial charge in [0.1, 0.15) is 11.5 Å². The van der Waals surface area contributed by atoms with Crippen molar-refractivity contribution in [2.45, 2.75) is 15.3 Å². The van der Waals surface area contributed by atoms with E-state index in [0.29, 0.717) is 20.9 Å². The van der Waals surface area contributed by atoms with Crippen molar-refractivity contribution in [3.05, 3.63) is 60.1 Å². The third kappa shape index (κ3) is 5.14. The van der Waals surface area contributed by atoms with Gasteiger partial charge in [-0.05, 0) is 42.5 Å². The average molecular weight is 539 g/mol. The summed E-state index contributed by atoms with van der Waals surface area (Å²) in [5, 5.41) is 11.2. The summed E-state index contributed by atoms with van der Waals surface area (Å²) < 4.78 is 39.8. The third-order valence-corrected chi connectivity index (χ3v) is 8.69. The number of anilines is 2. The van der Waals surface area contributed by atoms with Crippen LogP contribution in [0.5, 0.6) is 11.5 Å². The van der Waals surface area contributed by atoms with E-state index >= 15 is 0 Å². The predicted molar refractivity (Wildman–Crippen MR) is 133 cm³/mol. The average Bonchev–Trinajstić information content (AvgIpc) is 3.29.